The van der Waals surface area contributed by atoms with E-state index in [9.17, 15) is 4.79 Å². The second kappa shape index (κ2) is 12.8. The Labute approximate surface area is 199 Å². The van der Waals surface area contributed by atoms with Crippen molar-refractivity contribution in [2.75, 3.05) is 24.7 Å². The maximum Gasteiger partial charge on any atom is 0.220 e. The molecule has 0 saturated carbocycles. The zero-order valence-corrected chi connectivity index (χ0v) is 21.0. The smallest absolute Gasteiger partial charge is 0.220 e. The minimum absolute atomic E-state index is 0.153. The van der Waals surface area contributed by atoms with Crippen molar-refractivity contribution < 1.29 is 4.79 Å². The zero-order chi connectivity index (χ0) is 22.1. The van der Waals surface area contributed by atoms with Gasteiger partial charge in [-0.3, -0.25) is 9.78 Å². The lowest BCUT2D eigenvalue weighted by atomic mass is 9.92. The molecule has 0 saturated heterocycles. The van der Waals surface area contributed by atoms with E-state index in [0.29, 0.717) is 29.8 Å². The summed E-state index contributed by atoms with van der Waals surface area (Å²) in [6, 6.07) is 5.92. The standard InChI is InChI=1S/C24H34ClN3OS2/c1-3-18(31-30-2)8-4-7-11-23(29)26-14-15-27-24-19-9-5-6-10-21(19)28-22-16-17(25)12-13-20(22)24/h12-13,16,18H,3-11,14-15H2,1-2H3,(H,26,29)(H,27,28). The van der Waals surface area contributed by atoms with Crippen molar-refractivity contribution in [1.29, 1.82) is 0 Å². The first kappa shape index (κ1) is 24.5. The molecule has 0 aliphatic heterocycles. The molecule has 1 aliphatic carbocycles. The number of fused-ring (bicyclic) bond motifs is 2. The van der Waals surface area contributed by atoms with Crippen molar-refractivity contribution >= 4 is 55.7 Å². The third-order valence-corrected chi connectivity index (χ3v) is 8.50. The highest BCUT2D eigenvalue weighted by Crippen LogP contribution is 2.34. The summed E-state index contributed by atoms with van der Waals surface area (Å²) in [5.41, 5.74) is 4.64. The topological polar surface area (TPSA) is 54.0 Å². The van der Waals surface area contributed by atoms with E-state index >= 15 is 0 Å². The summed E-state index contributed by atoms with van der Waals surface area (Å²) >= 11 is 6.20. The number of nitrogens with one attached hydrogen (secondary N) is 2. The van der Waals surface area contributed by atoms with E-state index in [1.165, 1.54) is 42.6 Å². The number of anilines is 1. The van der Waals surface area contributed by atoms with Gasteiger partial charge in [-0.1, -0.05) is 46.5 Å². The molecule has 0 fully saturated rings. The maximum absolute atomic E-state index is 12.2. The summed E-state index contributed by atoms with van der Waals surface area (Å²) in [7, 11) is 3.80. The van der Waals surface area contributed by atoms with Crippen molar-refractivity contribution in [3.05, 3.63) is 34.5 Å². The average molecular weight is 480 g/mol. The maximum atomic E-state index is 12.2. The summed E-state index contributed by atoms with van der Waals surface area (Å²) in [5, 5.41) is 9.20. The Morgan fingerprint density at radius 3 is 2.87 bits per heavy atom. The van der Waals surface area contributed by atoms with Crippen molar-refractivity contribution in [3.8, 4) is 0 Å². The van der Waals surface area contributed by atoms with Crippen molar-refractivity contribution in [2.24, 2.45) is 0 Å². The number of amides is 1. The lowest BCUT2D eigenvalue weighted by molar-refractivity contribution is -0.121. The predicted molar refractivity (Wildman–Crippen MR) is 139 cm³/mol. The summed E-state index contributed by atoms with van der Waals surface area (Å²) in [6.07, 6.45) is 11.7. The molecule has 4 nitrogen and oxygen atoms in total. The van der Waals surface area contributed by atoms with Gasteiger partial charge in [-0.2, -0.15) is 0 Å². The summed E-state index contributed by atoms with van der Waals surface area (Å²) in [4.78, 5) is 17.1. The van der Waals surface area contributed by atoms with E-state index in [2.05, 4.69) is 29.9 Å². The van der Waals surface area contributed by atoms with Gasteiger partial charge < -0.3 is 10.6 Å². The molecular weight excluding hydrogens is 446 g/mol. The Kier molecular flexibility index (Phi) is 10.1. The quantitative estimate of drug-likeness (QED) is 0.264. The van der Waals surface area contributed by atoms with Gasteiger partial charge >= 0.3 is 0 Å². The fraction of sp³-hybridized carbons (Fsp3) is 0.583. The van der Waals surface area contributed by atoms with Crippen LogP contribution in [0, 0.1) is 0 Å². The highest BCUT2D eigenvalue weighted by molar-refractivity contribution is 8.76. The summed E-state index contributed by atoms with van der Waals surface area (Å²) in [5.74, 6) is 0.153. The van der Waals surface area contributed by atoms with E-state index in [0.717, 1.165) is 36.6 Å². The second-order valence-electron chi connectivity index (χ2n) is 8.10. The van der Waals surface area contributed by atoms with Crippen LogP contribution in [0.2, 0.25) is 5.02 Å². The molecule has 1 unspecified atom stereocenters. The number of aryl methyl sites for hydroxylation is 1. The molecule has 1 aromatic carbocycles. The molecule has 0 spiro atoms. The van der Waals surface area contributed by atoms with Gasteiger partial charge in [-0.25, -0.2) is 0 Å². The Hall–Kier alpha value is -1.11. The largest absolute Gasteiger partial charge is 0.382 e. The van der Waals surface area contributed by atoms with Crippen LogP contribution in [0.25, 0.3) is 10.9 Å². The van der Waals surface area contributed by atoms with E-state index in [1.807, 2.05) is 33.7 Å². The molecule has 3 rings (SSSR count). The van der Waals surface area contributed by atoms with Gasteiger partial charge in [0.25, 0.3) is 0 Å². The van der Waals surface area contributed by atoms with Gasteiger partial charge in [0.15, 0.2) is 0 Å². The first-order valence-corrected chi connectivity index (χ1v) is 14.4. The molecule has 1 aliphatic rings. The van der Waals surface area contributed by atoms with Crippen LogP contribution < -0.4 is 10.6 Å². The van der Waals surface area contributed by atoms with Crippen LogP contribution in [-0.2, 0) is 17.6 Å². The number of nitrogens with zero attached hydrogens (tertiary/aromatic N) is 1. The van der Waals surface area contributed by atoms with E-state index < -0.39 is 0 Å². The fourth-order valence-electron chi connectivity index (χ4n) is 4.19. The fourth-order valence-corrected chi connectivity index (χ4v) is 6.54. The van der Waals surface area contributed by atoms with Crippen molar-refractivity contribution in [3.63, 3.8) is 0 Å². The number of hydrogen-bond acceptors (Lipinski definition) is 5. The van der Waals surface area contributed by atoms with Crippen LogP contribution in [0.1, 0.15) is 63.1 Å². The van der Waals surface area contributed by atoms with E-state index in [1.54, 1.807) is 0 Å². The molecule has 2 N–H and O–H groups in total. The number of carbonyl (C=O) groups excluding carboxylic acids is 1. The lowest BCUT2D eigenvalue weighted by Crippen LogP contribution is -2.29. The second-order valence-corrected chi connectivity index (χ2v) is 11.3. The number of pyridine rings is 1. The Morgan fingerprint density at radius 2 is 2.06 bits per heavy atom. The number of rotatable bonds is 12. The summed E-state index contributed by atoms with van der Waals surface area (Å²) < 4.78 is 0. The Balaban J connectivity index is 1.48. The average Bonchev–Trinajstić information content (AvgIpc) is 2.77. The molecular formula is C24H34ClN3OS2. The van der Waals surface area contributed by atoms with Crippen molar-refractivity contribution in [2.45, 2.75) is 70.0 Å². The first-order chi connectivity index (χ1) is 15.1. The number of halogens is 1. The molecule has 1 atom stereocenters. The number of hydrogen-bond donors (Lipinski definition) is 2. The molecule has 1 heterocycles. The van der Waals surface area contributed by atoms with E-state index in [4.69, 9.17) is 16.6 Å². The first-order valence-electron chi connectivity index (χ1n) is 11.4. The van der Waals surface area contributed by atoms with Gasteiger partial charge in [-0.05, 0) is 75.0 Å². The van der Waals surface area contributed by atoms with Gasteiger partial charge in [0, 0.05) is 46.6 Å². The molecule has 31 heavy (non-hydrogen) atoms. The van der Waals surface area contributed by atoms with Gasteiger partial charge in [0.05, 0.1) is 5.52 Å². The number of benzene rings is 1. The molecule has 7 heteroatoms. The molecule has 0 radical (unpaired) electrons. The highest BCUT2D eigenvalue weighted by atomic mass is 35.5. The third-order valence-electron chi connectivity index (χ3n) is 5.84. The molecule has 0 bridgehead atoms. The van der Waals surface area contributed by atoms with Crippen LogP contribution in [0.5, 0.6) is 0 Å². The number of aromatic nitrogens is 1. The number of carbonyl (C=O) groups is 1. The normalized spacial score (nSPS) is 14.3. The molecule has 1 amide bonds. The minimum atomic E-state index is 0.153. The zero-order valence-electron chi connectivity index (χ0n) is 18.6. The van der Waals surface area contributed by atoms with Crippen LogP contribution in [0.15, 0.2) is 18.2 Å². The molecule has 170 valence electrons. The Morgan fingerprint density at radius 1 is 1.23 bits per heavy atom. The molecule has 1 aromatic heterocycles. The van der Waals surface area contributed by atoms with Crippen LogP contribution in [0.3, 0.4) is 0 Å². The monoisotopic (exact) mass is 479 g/mol. The van der Waals surface area contributed by atoms with Gasteiger partial charge in [-0.15, -0.1) is 0 Å². The SMILES string of the molecule is CCC(CCCCC(=O)NCCNc1c2c(nc3cc(Cl)ccc13)CCCC2)SSC. The van der Waals surface area contributed by atoms with Crippen LogP contribution in [-0.4, -0.2) is 35.5 Å². The molecule has 2 aromatic rings. The van der Waals surface area contributed by atoms with Crippen LogP contribution in [0.4, 0.5) is 5.69 Å². The van der Waals surface area contributed by atoms with E-state index in [-0.39, 0.29) is 5.91 Å². The minimum Gasteiger partial charge on any atom is -0.382 e. The van der Waals surface area contributed by atoms with Gasteiger partial charge in [0.2, 0.25) is 5.91 Å². The lowest BCUT2D eigenvalue weighted by Gasteiger charge is -2.22. The van der Waals surface area contributed by atoms with Gasteiger partial charge in [0.1, 0.15) is 0 Å². The van der Waals surface area contributed by atoms with Crippen molar-refractivity contribution in [1.82, 2.24) is 10.3 Å². The third kappa shape index (κ3) is 7.19. The Bertz CT molecular complexity index is 878. The highest BCUT2D eigenvalue weighted by Gasteiger charge is 2.18. The van der Waals surface area contributed by atoms with Crippen LogP contribution >= 0.6 is 33.2 Å². The summed E-state index contributed by atoms with van der Waals surface area (Å²) in [6.45, 7) is 3.58. The predicted octanol–water partition coefficient (Wildman–Crippen LogP) is 6.65. The number of unbranched alkanes of at least 4 members (excludes halogenated alkanes) is 1.